The summed E-state index contributed by atoms with van der Waals surface area (Å²) >= 11 is 0. The molecule has 0 aromatic rings. The highest BCUT2D eigenvalue weighted by Gasteiger charge is 2.28. The van der Waals surface area contributed by atoms with Crippen LogP contribution in [0.25, 0.3) is 0 Å². The molecule has 5 nitrogen and oxygen atoms in total. The molecule has 0 rings (SSSR count). The standard InChI is InChI=1S/C10H21N3O2/c1-6(5-7(11)14)13-9(15)8(12)10(2,3)4/h6,8H,5,12H2,1-4H3,(H2,11,14)(H,13,15)/t6?,8-/m0/s1. The predicted octanol–water partition coefficient (Wildman–Crippen LogP) is -0.260. The third-order valence-corrected chi connectivity index (χ3v) is 2.11. The van der Waals surface area contributed by atoms with Gasteiger partial charge in [0, 0.05) is 12.5 Å². The van der Waals surface area contributed by atoms with Crippen LogP contribution in [-0.2, 0) is 9.59 Å². The van der Waals surface area contributed by atoms with Gasteiger partial charge in [0.1, 0.15) is 0 Å². The van der Waals surface area contributed by atoms with Crippen LogP contribution in [0.2, 0.25) is 0 Å². The van der Waals surface area contributed by atoms with Crippen molar-refractivity contribution in [1.82, 2.24) is 5.32 Å². The summed E-state index contributed by atoms with van der Waals surface area (Å²) in [7, 11) is 0. The monoisotopic (exact) mass is 215 g/mol. The molecular formula is C10H21N3O2. The van der Waals surface area contributed by atoms with Gasteiger partial charge in [0.25, 0.3) is 0 Å². The molecule has 0 spiro atoms. The van der Waals surface area contributed by atoms with Crippen LogP contribution in [0, 0.1) is 5.41 Å². The number of primary amides is 1. The maximum absolute atomic E-state index is 11.6. The Morgan fingerprint density at radius 3 is 2.13 bits per heavy atom. The minimum absolute atomic E-state index is 0.128. The van der Waals surface area contributed by atoms with Crippen LogP contribution in [0.1, 0.15) is 34.1 Å². The van der Waals surface area contributed by atoms with Crippen LogP contribution in [0.4, 0.5) is 0 Å². The fraction of sp³-hybridized carbons (Fsp3) is 0.800. The fourth-order valence-corrected chi connectivity index (χ4v) is 1.08. The van der Waals surface area contributed by atoms with Gasteiger partial charge in [-0.3, -0.25) is 9.59 Å². The SMILES string of the molecule is CC(CC(N)=O)NC(=O)[C@H](N)C(C)(C)C. The van der Waals surface area contributed by atoms with Gasteiger partial charge in [0.15, 0.2) is 0 Å². The van der Waals surface area contributed by atoms with E-state index in [0.717, 1.165) is 0 Å². The van der Waals surface area contributed by atoms with Gasteiger partial charge in [0.05, 0.1) is 6.04 Å². The molecule has 1 unspecified atom stereocenters. The van der Waals surface area contributed by atoms with Crippen molar-refractivity contribution in [3.05, 3.63) is 0 Å². The topological polar surface area (TPSA) is 98.2 Å². The molecule has 88 valence electrons. The van der Waals surface area contributed by atoms with Gasteiger partial charge >= 0.3 is 0 Å². The lowest BCUT2D eigenvalue weighted by atomic mass is 9.87. The van der Waals surface area contributed by atoms with E-state index in [2.05, 4.69) is 5.32 Å². The van der Waals surface area contributed by atoms with Crippen molar-refractivity contribution in [2.24, 2.45) is 16.9 Å². The summed E-state index contributed by atoms with van der Waals surface area (Å²) in [5.74, 6) is -0.691. The maximum atomic E-state index is 11.6. The van der Waals surface area contributed by atoms with Gasteiger partial charge in [-0.05, 0) is 12.3 Å². The Morgan fingerprint density at radius 2 is 1.80 bits per heavy atom. The Balaban J connectivity index is 4.19. The molecule has 2 atom stereocenters. The molecule has 0 saturated heterocycles. The second-order valence-electron chi connectivity index (χ2n) is 4.92. The van der Waals surface area contributed by atoms with E-state index in [1.165, 1.54) is 0 Å². The lowest BCUT2D eigenvalue weighted by Crippen LogP contribution is -2.51. The Hall–Kier alpha value is -1.10. The van der Waals surface area contributed by atoms with Crippen LogP contribution in [0.3, 0.4) is 0 Å². The van der Waals surface area contributed by atoms with Gasteiger partial charge < -0.3 is 16.8 Å². The first-order valence-electron chi connectivity index (χ1n) is 4.99. The molecule has 0 saturated carbocycles. The highest BCUT2D eigenvalue weighted by atomic mass is 16.2. The minimum Gasteiger partial charge on any atom is -0.370 e. The second kappa shape index (κ2) is 5.11. The van der Waals surface area contributed by atoms with Crippen molar-refractivity contribution in [3.8, 4) is 0 Å². The number of hydrogen-bond acceptors (Lipinski definition) is 3. The number of amides is 2. The molecule has 0 fully saturated rings. The van der Waals surface area contributed by atoms with E-state index in [4.69, 9.17) is 11.5 Å². The quantitative estimate of drug-likeness (QED) is 0.602. The number of carbonyl (C=O) groups excluding carboxylic acids is 2. The van der Waals surface area contributed by atoms with E-state index < -0.39 is 11.9 Å². The molecule has 0 aliphatic rings. The summed E-state index contributed by atoms with van der Waals surface area (Å²) in [5, 5.41) is 2.65. The first-order chi connectivity index (χ1) is 6.64. The third-order valence-electron chi connectivity index (χ3n) is 2.11. The maximum Gasteiger partial charge on any atom is 0.237 e. The van der Waals surface area contributed by atoms with Gasteiger partial charge in [-0.25, -0.2) is 0 Å². The van der Waals surface area contributed by atoms with E-state index in [9.17, 15) is 9.59 Å². The first kappa shape index (κ1) is 13.9. The van der Waals surface area contributed by atoms with Crippen LogP contribution in [0.15, 0.2) is 0 Å². The van der Waals surface area contributed by atoms with E-state index >= 15 is 0 Å². The molecule has 5 N–H and O–H groups in total. The number of rotatable bonds is 4. The zero-order chi connectivity index (χ0) is 12.2. The van der Waals surface area contributed by atoms with E-state index in [1.54, 1.807) is 6.92 Å². The summed E-state index contributed by atoms with van der Waals surface area (Å²) in [6.45, 7) is 7.38. The number of hydrogen-bond donors (Lipinski definition) is 3. The zero-order valence-electron chi connectivity index (χ0n) is 9.83. The third kappa shape index (κ3) is 5.37. The molecule has 0 aliphatic heterocycles. The fourth-order valence-electron chi connectivity index (χ4n) is 1.08. The summed E-state index contributed by atoms with van der Waals surface area (Å²) in [5.41, 5.74) is 10.5. The van der Waals surface area contributed by atoms with Crippen molar-refractivity contribution < 1.29 is 9.59 Å². The molecule has 0 heterocycles. The average Bonchev–Trinajstić information content (AvgIpc) is 1.99. The van der Waals surface area contributed by atoms with Crippen LogP contribution >= 0.6 is 0 Å². The first-order valence-corrected chi connectivity index (χ1v) is 4.99. The van der Waals surface area contributed by atoms with Crippen molar-refractivity contribution >= 4 is 11.8 Å². The Morgan fingerprint density at radius 1 is 1.33 bits per heavy atom. The van der Waals surface area contributed by atoms with Crippen molar-refractivity contribution in [1.29, 1.82) is 0 Å². The van der Waals surface area contributed by atoms with Crippen molar-refractivity contribution in [2.45, 2.75) is 46.2 Å². The molecule has 0 aromatic carbocycles. The molecule has 15 heavy (non-hydrogen) atoms. The molecule has 5 heteroatoms. The number of carbonyl (C=O) groups is 2. The highest BCUT2D eigenvalue weighted by molar-refractivity contribution is 5.83. The smallest absolute Gasteiger partial charge is 0.237 e. The average molecular weight is 215 g/mol. The van der Waals surface area contributed by atoms with E-state index in [0.29, 0.717) is 0 Å². The van der Waals surface area contributed by atoms with Crippen LogP contribution < -0.4 is 16.8 Å². The van der Waals surface area contributed by atoms with E-state index in [-0.39, 0.29) is 23.8 Å². The number of nitrogens with two attached hydrogens (primary N) is 2. The van der Waals surface area contributed by atoms with Crippen molar-refractivity contribution in [3.63, 3.8) is 0 Å². The number of nitrogens with one attached hydrogen (secondary N) is 1. The summed E-state index contributed by atoms with van der Waals surface area (Å²) in [6.07, 6.45) is 0.128. The molecule has 0 bridgehead atoms. The van der Waals surface area contributed by atoms with Crippen LogP contribution in [0.5, 0.6) is 0 Å². The predicted molar refractivity (Wildman–Crippen MR) is 58.8 cm³/mol. The summed E-state index contributed by atoms with van der Waals surface area (Å²) in [4.78, 5) is 22.2. The molecule has 0 aromatic heterocycles. The lowest BCUT2D eigenvalue weighted by Gasteiger charge is -2.27. The largest absolute Gasteiger partial charge is 0.370 e. The Labute approximate surface area is 90.6 Å². The van der Waals surface area contributed by atoms with Gasteiger partial charge in [0.2, 0.25) is 11.8 Å². The molecule has 2 amide bonds. The molecular weight excluding hydrogens is 194 g/mol. The minimum atomic E-state index is -0.590. The van der Waals surface area contributed by atoms with Crippen LogP contribution in [-0.4, -0.2) is 23.9 Å². The van der Waals surface area contributed by atoms with Gasteiger partial charge in [-0.15, -0.1) is 0 Å². The molecule has 0 radical (unpaired) electrons. The zero-order valence-corrected chi connectivity index (χ0v) is 9.83. The normalized spacial score (nSPS) is 15.5. The Bertz CT molecular complexity index is 246. The van der Waals surface area contributed by atoms with Gasteiger partial charge in [-0.2, -0.15) is 0 Å². The van der Waals surface area contributed by atoms with E-state index in [1.807, 2.05) is 20.8 Å². The summed E-state index contributed by atoms with van der Waals surface area (Å²) in [6, 6.07) is -0.865. The molecule has 0 aliphatic carbocycles. The Kier molecular flexibility index (Phi) is 4.74. The van der Waals surface area contributed by atoms with Gasteiger partial charge in [-0.1, -0.05) is 20.8 Å². The van der Waals surface area contributed by atoms with Crippen molar-refractivity contribution in [2.75, 3.05) is 0 Å². The second-order valence-corrected chi connectivity index (χ2v) is 4.92. The highest BCUT2D eigenvalue weighted by Crippen LogP contribution is 2.17. The summed E-state index contributed by atoms with van der Waals surface area (Å²) < 4.78 is 0. The lowest BCUT2D eigenvalue weighted by molar-refractivity contribution is -0.125.